The van der Waals surface area contributed by atoms with E-state index in [1.54, 1.807) is 0 Å². The molecule has 19 heavy (non-hydrogen) atoms. The van der Waals surface area contributed by atoms with Crippen LogP contribution in [0.2, 0.25) is 0 Å². The molecular weight excluding hydrogens is 300 g/mol. The van der Waals surface area contributed by atoms with E-state index in [9.17, 15) is 0 Å². The molecule has 0 radical (unpaired) electrons. The molecule has 0 bridgehead atoms. The van der Waals surface area contributed by atoms with E-state index in [2.05, 4.69) is 71.7 Å². The monoisotopic (exact) mass is 324 g/mol. The van der Waals surface area contributed by atoms with Crippen LogP contribution in [0.5, 0.6) is 0 Å². The summed E-state index contributed by atoms with van der Waals surface area (Å²) in [5, 5.41) is 3.35. The lowest BCUT2D eigenvalue weighted by Gasteiger charge is -2.25. The Morgan fingerprint density at radius 1 is 1.42 bits per heavy atom. The minimum Gasteiger partial charge on any atom is -0.313 e. The summed E-state index contributed by atoms with van der Waals surface area (Å²) >= 11 is 3.69. The van der Waals surface area contributed by atoms with E-state index in [4.69, 9.17) is 0 Å². The summed E-state index contributed by atoms with van der Waals surface area (Å²) in [6.07, 6.45) is 1.97. The van der Waals surface area contributed by atoms with E-state index in [-0.39, 0.29) is 0 Å². The molecule has 0 aliphatic rings. The van der Waals surface area contributed by atoms with Gasteiger partial charge in [-0.1, -0.05) is 41.1 Å². The van der Waals surface area contributed by atoms with Crippen LogP contribution >= 0.6 is 15.9 Å². The molecule has 0 spiro atoms. The zero-order valence-corrected chi connectivity index (χ0v) is 13.8. The first-order chi connectivity index (χ1) is 9.08. The molecule has 3 heteroatoms. The Morgan fingerprint density at radius 3 is 2.68 bits per heavy atom. The standard InChI is InChI=1S/C16H25BrN2/c1-5-9-19(13(3)4)12-15-8-7-14(10-16(15)17)11-18-6-2/h5,7-8,10,13,18H,1,6,9,11-12H2,2-4H3. The number of hydrogen-bond donors (Lipinski definition) is 1. The second-order valence-corrected chi connectivity index (χ2v) is 5.87. The Labute approximate surface area is 126 Å². The number of hydrogen-bond acceptors (Lipinski definition) is 2. The van der Waals surface area contributed by atoms with Crippen molar-refractivity contribution in [2.24, 2.45) is 0 Å². The first kappa shape index (κ1) is 16.4. The van der Waals surface area contributed by atoms with E-state index in [0.29, 0.717) is 6.04 Å². The van der Waals surface area contributed by atoms with Crippen LogP contribution < -0.4 is 5.32 Å². The maximum Gasteiger partial charge on any atom is 0.0250 e. The summed E-state index contributed by atoms with van der Waals surface area (Å²) in [6.45, 7) is 14.2. The molecule has 1 N–H and O–H groups in total. The Bertz CT molecular complexity index is 402. The fraction of sp³-hybridized carbons (Fsp3) is 0.500. The van der Waals surface area contributed by atoms with Crippen molar-refractivity contribution in [1.82, 2.24) is 10.2 Å². The van der Waals surface area contributed by atoms with Gasteiger partial charge in [0.1, 0.15) is 0 Å². The van der Waals surface area contributed by atoms with Crippen molar-refractivity contribution in [2.75, 3.05) is 13.1 Å². The lowest BCUT2D eigenvalue weighted by atomic mass is 10.1. The fourth-order valence-corrected chi connectivity index (χ4v) is 2.49. The largest absolute Gasteiger partial charge is 0.313 e. The third kappa shape index (κ3) is 5.47. The van der Waals surface area contributed by atoms with Crippen molar-refractivity contribution in [3.05, 3.63) is 46.5 Å². The lowest BCUT2D eigenvalue weighted by Crippen LogP contribution is -2.30. The molecule has 0 aliphatic carbocycles. The maximum absolute atomic E-state index is 3.83. The topological polar surface area (TPSA) is 15.3 Å². The van der Waals surface area contributed by atoms with Crippen LogP contribution in [0.15, 0.2) is 35.3 Å². The van der Waals surface area contributed by atoms with Crippen LogP contribution in [-0.4, -0.2) is 24.0 Å². The summed E-state index contributed by atoms with van der Waals surface area (Å²) < 4.78 is 1.19. The van der Waals surface area contributed by atoms with Crippen LogP contribution in [0.25, 0.3) is 0 Å². The third-order valence-corrected chi connectivity index (χ3v) is 3.90. The van der Waals surface area contributed by atoms with Gasteiger partial charge in [-0.25, -0.2) is 0 Å². The summed E-state index contributed by atoms with van der Waals surface area (Å²) in [6, 6.07) is 7.15. The smallest absolute Gasteiger partial charge is 0.0250 e. The van der Waals surface area contributed by atoms with Gasteiger partial charge in [0.25, 0.3) is 0 Å². The van der Waals surface area contributed by atoms with Gasteiger partial charge in [0, 0.05) is 30.1 Å². The van der Waals surface area contributed by atoms with Gasteiger partial charge in [-0.2, -0.15) is 0 Å². The van der Waals surface area contributed by atoms with E-state index < -0.39 is 0 Å². The zero-order chi connectivity index (χ0) is 14.3. The van der Waals surface area contributed by atoms with Gasteiger partial charge < -0.3 is 5.32 Å². The van der Waals surface area contributed by atoms with Gasteiger partial charge in [0.05, 0.1) is 0 Å². The van der Waals surface area contributed by atoms with Crippen molar-refractivity contribution in [3.8, 4) is 0 Å². The summed E-state index contributed by atoms with van der Waals surface area (Å²) in [7, 11) is 0. The molecule has 0 aromatic heterocycles. The number of nitrogens with one attached hydrogen (secondary N) is 1. The average molecular weight is 325 g/mol. The van der Waals surface area contributed by atoms with Crippen molar-refractivity contribution in [3.63, 3.8) is 0 Å². The van der Waals surface area contributed by atoms with Crippen LogP contribution in [0.4, 0.5) is 0 Å². The van der Waals surface area contributed by atoms with Crippen LogP contribution in [-0.2, 0) is 13.1 Å². The molecule has 1 aromatic rings. The highest BCUT2D eigenvalue weighted by Crippen LogP contribution is 2.21. The molecule has 0 atom stereocenters. The summed E-state index contributed by atoms with van der Waals surface area (Å²) in [5.41, 5.74) is 2.65. The predicted molar refractivity (Wildman–Crippen MR) is 87.3 cm³/mol. The second-order valence-electron chi connectivity index (χ2n) is 5.02. The number of nitrogens with zero attached hydrogens (tertiary/aromatic N) is 1. The highest BCUT2D eigenvalue weighted by atomic mass is 79.9. The van der Waals surface area contributed by atoms with Gasteiger partial charge in [0.2, 0.25) is 0 Å². The molecule has 2 nitrogen and oxygen atoms in total. The molecule has 0 aliphatic heterocycles. The number of benzene rings is 1. The van der Waals surface area contributed by atoms with Gasteiger partial charge in [-0.05, 0) is 37.6 Å². The average Bonchev–Trinajstić information content (AvgIpc) is 2.38. The van der Waals surface area contributed by atoms with Crippen molar-refractivity contribution < 1.29 is 0 Å². The molecule has 0 saturated carbocycles. The molecule has 106 valence electrons. The predicted octanol–water partition coefficient (Wildman–Crippen LogP) is 3.96. The molecule has 1 aromatic carbocycles. The molecule has 0 fully saturated rings. The second kappa shape index (κ2) is 8.51. The first-order valence-electron chi connectivity index (χ1n) is 6.91. The van der Waals surface area contributed by atoms with Gasteiger partial charge in [-0.3, -0.25) is 4.90 Å². The summed E-state index contributed by atoms with van der Waals surface area (Å²) in [5.74, 6) is 0. The first-order valence-corrected chi connectivity index (χ1v) is 7.70. The molecule has 1 rings (SSSR count). The molecule has 0 saturated heterocycles. The van der Waals surface area contributed by atoms with Crippen molar-refractivity contribution in [2.45, 2.75) is 39.9 Å². The Balaban J connectivity index is 2.75. The molecule has 0 amide bonds. The van der Waals surface area contributed by atoms with E-state index in [1.165, 1.54) is 15.6 Å². The third-order valence-electron chi connectivity index (χ3n) is 3.16. The van der Waals surface area contributed by atoms with Crippen molar-refractivity contribution >= 4 is 15.9 Å². The summed E-state index contributed by atoms with van der Waals surface area (Å²) in [4.78, 5) is 2.40. The van der Waals surface area contributed by atoms with Crippen LogP contribution in [0.1, 0.15) is 31.9 Å². The highest BCUT2D eigenvalue weighted by Gasteiger charge is 2.10. The Hall–Kier alpha value is -0.640. The minimum absolute atomic E-state index is 0.520. The van der Waals surface area contributed by atoms with Gasteiger partial charge in [0.15, 0.2) is 0 Å². The molecular formula is C16H25BrN2. The minimum atomic E-state index is 0.520. The normalized spacial score (nSPS) is 11.3. The van der Waals surface area contributed by atoms with Gasteiger partial charge >= 0.3 is 0 Å². The van der Waals surface area contributed by atoms with Gasteiger partial charge in [-0.15, -0.1) is 6.58 Å². The van der Waals surface area contributed by atoms with Crippen LogP contribution in [0.3, 0.4) is 0 Å². The number of halogens is 1. The number of rotatable bonds is 8. The van der Waals surface area contributed by atoms with E-state index in [1.807, 2.05) is 6.08 Å². The van der Waals surface area contributed by atoms with Crippen LogP contribution in [0, 0.1) is 0 Å². The molecule has 0 heterocycles. The Morgan fingerprint density at radius 2 is 2.16 bits per heavy atom. The SMILES string of the molecule is C=CCN(Cc1ccc(CNCC)cc1Br)C(C)C. The maximum atomic E-state index is 3.83. The van der Waals surface area contributed by atoms with E-state index in [0.717, 1.165) is 26.2 Å². The lowest BCUT2D eigenvalue weighted by molar-refractivity contribution is 0.237. The molecule has 0 unspecified atom stereocenters. The van der Waals surface area contributed by atoms with Crippen molar-refractivity contribution in [1.29, 1.82) is 0 Å². The Kier molecular flexibility index (Phi) is 7.36. The van der Waals surface area contributed by atoms with E-state index >= 15 is 0 Å². The quantitative estimate of drug-likeness (QED) is 0.728. The fourth-order valence-electron chi connectivity index (χ4n) is 1.94. The highest BCUT2D eigenvalue weighted by molar-refractivity contribution is 9.10. The zero-order valence-electron chi connectivity index (χ0n) is 12.2.